The first kappa shape index (κ1) is 20.9. The van der Waals surface area contributed by atoms with Gasteiger partial charge >= 0.3 is 6.03 Å². The average Bonchev–Trinajstić information content (AvgIpc) is 3.46. The maximum Gasteiger partial charge on any atom is 0.335 e. The summed E-state index contributed by atoms with van der Waals surface area (Å²) in [4.78, 5) is 49.4. The van der Waals surface area contributed by atoms with E-state index in [0.717, 1.165) is 4.90 Å². The van der Waals surface area contributed by atoms with Gasteiger partial charge in [0.05, 0.1) is 10.6 Å². The molecular weight excluding hydrogens is 446 g/mol. The second-order valence-electron chi connectivity index (χ2n) is 7.46. The van der Waals surface area contributed by atoms with Gasteiger partial charge in [0, 0.05) is 23.3 Å². The summed E-state index contributed by atoms with van der Waals surface area (Å²) in [7, 11) is 0. The summed E-state index contributed by atoms with van der Waals surface area (Å²) in [5, 5.41) is 13.3. The van der Waals surface area contributed by atoms with E-state index in [4.69, 9.17) is 13.9 Å². The normalized spacial score (nSPS) is 16.2. The number of furan rings is 1. The number of anilines is 1. The third-order valence-electron chi connectivity index (χ3n) is 5.32. The minimum Gasteiger partial charge on any atom is -0.457 e. The molecule has 2 aliphatic rings. The van der Waals surface area contributed by atoms with Crippen molar-refractivity contribution in [3.63, 3.8) is 0 Å². The highest BCUT2D eigenvalue weighted by Gasteiger charge is 2.37. The van der Waals surface area contributed by atoms with Crippen LogP contribution in [0.5, 0.6) is 11.5 Å². The fraction of sp³-hybridized carbons (Fsp3) is 0.0870. The maximum atomic E-state index is 13.1. The number of nitrogens with one attached hydrogen (secondary N) is 1. The van der Waals surface area contributed by atoms with Crippen molar-refractivity contribution in [2.75, 3.05) is 11.7 Å². The Balaban J connectivity index is 1.47. The molecule has 0 aliphatic carbocycles. The Morgan fingerprint density at radius 2 is 1.82 bits per heavy atom. The van der Waals surface area contributed by atoms with Crippen molar-refractivity contribution >= 4 is 35.3 Å². The fourth-order valence-corrected chi connectivity index (χ4v) is 3.60. The number of barbiturate groups is 1. The summed E-state index contributed by atoms with van der Waals surface area (Å²) in [6.07, 6.45) is 1.20. The molecule has 2 aliphatic heterocycles. The van der Waals surface area contributed by atoms with E-state index in [9.17, 15) is 24.5 Å². The lowest BCUT2D eigenvalue weighted by molar-refractivity contribution is -0.385. The number of amides is 4. The zero-order valence-electron chi connectivity index (χ0n) is 17.6. The summed E-state index contributed by atoms with van der Waals surface area (Å²) < 4.78 is 16.2. The third-order valence-corrected chi connectivity index (χ3v) is 5.32. The molecule has 11 heteroatoms. The van der Waals surface area contributed by atoms with Crippen LogP contribution in [0, 0.1) is 17.0 Å². The molecule has 5 rings (SSSR count). The van der Waals surface area contributed by atoms with Gasteiger partial charge < -0.3 is 13.9 Å². The Kier molecular flexibility index (Phi) is 4.86. The van der Waals surface area contributed by atoms with E-state index in [1.165, 1.54) is 30.3 Å². The van der Waals surface area contributed by atoms with Gasteiger partial charge in [0.2, 0.25) is 6.79 Å². The zero-order valence-corrected chi connectivity index (χ0v) is 17.6. The van der Waals surface area contributed by atoms with Gasteiger partial charge in [-0.25, -0.2) is 9.69 Å². The molecule has 2 aromatic carbocycles. The molecule has 11 nitrogen and oxygen atoms in total. The lowest BCUT2D eigenvalue weighted by atomic mass is 10.1. The zero-order chi connectivity index (χ0) is 24.0. The van der Waals surface area contributed by atoms with E-state index in [-0.39, 0.29) is 29.5 Å². The summed E-state index contributed by atoms with van der Waals surface area (Å²) in [6.45, 7) is 1.65. The SMILES string of the molecule is Cc1ccc(-c2ccc(/C=C3\C(=O)NC(=O)N(c4ccc5c(c4)OCO5)C3=O)o2)cc1[N+](=O)[O-]. The Morgan fingerprint density at radius 1 is 1.03 bits per heavy atom. The predicted octanol–water partition coefficient (Wildman–Crippen LogP) is 3.56. The number of carbonyl (C=O) groups is 3. The summed E-state index contributed by atoms with van der Waals surface area (Å²) in [5.74, 6) is -0.435. The van der Waals surface area contributed by atoms with Crippen LogP contribution in [0.15, 0.2) is 58.5 Å². The van der Waals surface area contributed by atoms with Gasteiger partial charge in [-0.2, -0.15) is 0 Å². The first-order valence-corrected chi connectivity index (χ1v) is 9.98. The van der Waals surface area contributed by atoms with Gasteiger partial charge in [-0.15, -0.1) is 0 Å². The Morgan fingerprint density at radius 3 is 2.62 bits per heavy atom. The molecule has 1 N–H and O–H groups in total. The first-order valence-electron chi connectivity index (χ1n) is 9.98. The number of hydrogen-bond donors (Lipinski definition) is 1. The summed E-state index contributed by atoms with van der Waals surface area (Å²) in [6, 6.07) is 11.3. The van der Waals surface area contributed by atoms with Crippen molar-refractivity contribution in [3.8, 4) is 22.8 Å². The van der Waals surface area contributed by atoms with Crippen LogP contribution in [0.4, 0.5) is 16.2 Å². The van der Waals surface area contributed by atoms with Crippen molar-refractivity contribution in [1.29, 1.82) is 0 Å². The molecule has 3 heterocycles. The smallest absolute Gasteiger partial charge is 0.335 e. The average molecular weight is 461 g/mol. The van der Waals surface area contributed by atoms with E-state index in [1.54, 1.807) is 31.2 Å². The van der Waals surface area contributed by atoms with Gasteiger partial charge in [-0.3, -0.25) is 25.0 Å². The molecular formula is C23H15N3O8. The molecule has 34 heavy (non-hydrogen) atoms. The fourth-order valence-electron chi connectivity index (χ4n) is 3.60. The van der Waals surface area contributed by atoms with Crippen LogP contribution in [-0.4, -0.2) is 29.6 Å². The van der Waals surface area contributed by atoms with Gasteiger partial charge in [-0.05, 0) is 37.3 Å². The standard InChI is InChI=1S/C23H15N3O8/c1-12-2-3-13(8-17(12)26(30)31)18-7-5-15(34-18)10-16-21(27)24-23(29)25(22(16)28)14-4-6-19-20(9-14)33-11-32-19/h2-10H,11H2,1H3,(H,24,27,29)/b16-10+. The minimum atomic E-state index is -0.905. The van der Waals surface area contributed by atoms with Gasteiger partial charge in [0.15, 0.2) is 11.5 Å². The summed E-state index contributed by atoms with van der Waals surface area (Å²) >= 11 is 0. The second-order valence-corrected chi connectivity index (χ2v) is 7.46. The van der Waals surface area contributed by atoms with E-state index < -0.39 is 22.8 Å². The maximum absolute atomic E-state index is 13.1. The number of imide groups is 2. The number of ether oxygens (including phenoxy) is 2. The van der Waals surface area contributed by atoms with Crippen molar-refractivity contribution in [2.24, 2.45) is 0 Å². The van der Waals surface area contributed by atoms with Crippen molar-refractivity contribution < 1.29 is 33.2 Å². The topological polar surface area (TPSA) is 141 Å². The first-order chi connectivity index (χ1) is 16.3. The molecule has 1 saturated heterocycles. The molecule has 170 valence electrons. The number of nitro benzene ring substituents is 1. The molecule has 0 radical (unpaired) electrons. The number of aryl methyl sites for hydroxylation is 1. The van der Waals surface area contributed by atoms with Gasteiger partial charge in [0.25, 0.3) is 17.5 Å². The van der Waals surface area contributed by atoms with Crippen LogP contribution in [0.1, 0.15) is 11.3 Å². The van der Waals surface area contributed by atoms with Crippen LogP contribution in [0.25, 0.3) is 17.4 Å². The van der Waals surface area contributed by atoms with Crippen LogP contribution in [0.3, 0.4) is 0 Å². The number of urea groups is 1. The van der Waals surface area contributed by atoms with E-state index in [1.807, 2.05) is 0 Å². The van der Waals surface area contributed by atoms with E-state index in [2.05, 4.69) is 5.32 Å². The van der Waals surface area contributed by atoms with E-state index in [0.29, 0.717) is 28.4 Å². The molecule has 0 saturated carbocycles. The number of hydrogen-bond acceptors (Lipinski definition) is 8. The third kappa shape index (κ3) is 3.54. The summed E-state index contributed by atoms with van der Waals surface area (Å²) in [5.41, 5.74) is 0.762. The lowest BCUT2D eigenvalue weighted by Gasteiger charge is -2.26. The van der Waals surface area contributed by atoms with Crippen molar-refractivity contribution in [3.05, 3.63) is 75.5 Å². The highest BCUT2D eigenvalue weighted by atomic mass is 16.7. The van der Waals surface area contributed by atoms with Crippen molar-refractivity contribution in [1.82, 2.24) is 5.32 Å². The van der Waals surface area contributed by atoms with Gasteiger partial charge in [0.1, 0.15) is 17.1 Å². The lowest BCUT2D eigenvalue weighted by Crippen LogP contribution is -2.54. The van der Waals surface area contributed by atoms with Crippen LogP contribution in [0.2, 0.25) is 0 Å². The van der Waals surface area contributed by atoms with Gasteiger partial charge in [-0.1, -0.05) is 12.1 Å². The number of fused-ring (bicyclic) bond motifs is 1. The number of rotatable bonds is 4. The molecule has 0 spiro atoms. The molecule has 1 fully saturated rings. The Bertz CT molecular complexity index is 1420. The van der Waals surface area contributed by atoms with Crippen LogP contribution < -0.4 is 19.7 Å². The number of nitrogens with zero attached hydrogens (tertiary/aromatic N) is 2. The number of nitro groups is 1. The molecule has 0 atom stereocenters. The quantitative estimate of drug-likeness (QED) is 0.269. The highest BCUT2D eigenvalue weighted by Crippen LogP contribution is 2.36. The van der Waals surface area contributed by atoms with Crippen LogP contribution in [-0.2, 0) is 9.59 Å². The Labute approximate surface area is 191 Å². The molecule has 4 amide bonds. The van der Waals surface area contributed by atoms with Crippen molar-refractivity contribution in [2.45, 2.75) is 6.92 Å². The number of carbonyl (C=O) groups excluding carboxylic acids is 3. The highest BCUT2D eigenvalue weighted by molar-refractivity contribution is 6.39. The molecule has 1 aromatic heterocycles. The predicted molar refractivity (Wildman–Crippen MR) is 117 cm³/mol. The number of benzene rings is 2. The monoisotopic (exact) mass is 461 g/mol. The largest absolute Gasteiger partial charge is 0.457 e. The van der Waals surface area contributed by atoms with E-state index >= 15 is 0 Å². The minimum absolute atomic E-state index is 0.0214. The molecule has 0 bridgehead atoms. The second kappa shape index (κ2) is 7.89. The molecule has 3 aromatic rings. The molecule has 0 unspecified atom stereocenters. The Hall–Kier alpha value is -4.93. The van der Waals surface area contributed by atoms with Crippen LogP contribution >= 0.6 is 0 Å².